The van der Waals surface area contributed by atoms with Gasteiger partial charge in [-0.15, -0.1) is 0 Å². The maximum atomic E-state index is 13.9. The van der Waals surface area contributed by atoms with E-state index in [-0.39, 0.29) is 11.9 Å². The van der Waals surface area contributed by atoms with Crippen LogP contribution < -0.4 is 11.3 Å². The van der Waals surface area contributed by atoms with Gasteiger partial charge in [0, 0.05) is 23.3 Å². The summed E-state index contributed by atoms with van der Waals surface area (Å²) in [5, 5.41) is 1.05. The summed E-state index contributed by atoms with van der Waals surface area (Å²) in [7, 11) is 0. The van der Waals surface area contributed by atoms with E-state index in [4.69, 9.17) is 5.84 Å². The van der Waals surface area contributed by atoms with E-state index in [0.29, 0.717) is 12.0 Å². The first-order chi connectivity index (χ1) is 10.3. The first-order valence-corrected chi connectivity index (χ1v) is 6.68. The van der Waals surface area contributed by atoms with Gasteiger partial charge < -0.3 is 0 Å². The van der Waals surface area contributed by atoms with Gasteiger partial charge in [0.15, 0.2) is 0 Å². The Bertz CT molecular complexity index is 755. The Balaban J connectivity index is 1.98. The largest absolute Gasteiger partial charge is 0.271 e. The Morgan fingerprint density at radius 3 is 2.81 bits per heavy atom. The minimum absolute atomic E-state index is 0.321. The lowest BCUT2D eigenvalue weighted by Crippen LogP contribution is -2.30. The molecule has 4 nitrogen and oxygen atoms in total. The van der Waals surface area contributed by atoms with Gasteiger partial charge in [-0.05, 0) is 30.2 Å². The molecular formula is C16H15FN4. The normalized spacial score (nSPS) is 12.5. The Hall–Kier alpha value is -2.37. The second-order valence-electron chi connectivity index (χ2n) is 4.81. The van der Waals surface area contributed by atoms with E-state index in [1.165, 1.54) is 6.20 Å². The van der Waals surface area contributed by atoms with Crippen LogP contribution in [0.2, 0.25) is 0 Å². The zero-order valence-corrected chi connectivity index (χ0v) is 11.3. The molecule has 0 amide bonds. The highest BCUT2D eigenvalue weighted by Crippen LogP contribution is 2.24. The first kappa shape index (κ1) is 13.6. The molecular weight excluding hydrogens is 267 g/mol. The van der Waals surface area contributed by atoms with Crippen molar-refractivity contribution in [2.24, 2.45) is 5.84 Å². The van der Waals surface area contributed by atoms with Crippen LogP contribution >= 0.6 is 0 Å². The number of nitrogens with zero attached hydrogens (tertiary/aromatic N) is 2. The van der Waals surface area contributed by atoms with Crippen LogP contribution in [0.3, 0.4) is 0 Å². The fraction of sp³-hybridized carbons (Fsp3) is 0.125. The van der Waals surface area contributed by atoms with Crippen molar-refractivity contribution in [3.05, 3.63) is 71.9 Å². The van der Waals surface area contributed by atoms with Gasteiger partial charge >= 0.3 is 0 Å². The van der Waals surface area contributed by atoms with Crippen molar-refractivity contribution >= 4 is 10.9 Å². The van der Waals surface area contributed by atoms with Crippen LogP contribution in [0, 0.1) is 5.82 Å². The van der Waals surface area contributed by atoms with Crippen molar-refractivity contribution in [3.63, 3.8) is 0 Å². The van der Waals surface area contributed by atoms with Gasteiger partial charge in [0.05, 0.1) is 17.8 Å². The number of aromatic nitrogens is 2. The number of nitrogens with two attached hydrogens (primary N) is 1. The van der Waals surface area contributed by atoms with Crippen molar-refractivity contribution in [1.82, 2.24) is 15.4 Å². The monoisotopic (exact) mass is 282 g/mol. The van der Waals surface area contributed by atoms with Gasteiger partial charge in [-0.2, -0.15) is 0 Å². The molecule has 3 aromatic rings. The average molecular weight is 282 g/mol. The lowest BCUT2D eigenvalue weighted by atomic mass is 9.97. The standard InChI is InChI=1S/C16H15FN4/c17-14-10-19-7-6-13(14)16(21-18)9-11-5-8-20-15-4-2-1-3-12(11)15/h1-8,10,16,21H,9,18H2. The van der Waals surface area contributed by atoms with Crippen LogP contribution in [0.1, 0.15) is 17.2 Å². The van der Waals surface area contributed by atoms with Gasteiger partial charge in [0.25, 0.3) is 0 Å². The van der Waals surface area contributed by atoms with E-state index in [1.807, 2.05) is 30.3 Å². The van der Waals surface area contributed by atoms with E-state index in [0.717, 1.165) is 16.5 Å². The Morgan fingerprint density at radius 1 is 1.14 bits per heavy atom. The highest BCUT2D eigenvalue weighted by molar-refractivity contribution is 5.81. The number of halogens is 1. The Kier molecular flexibility index (Phi) is 3.85. The van der Waals surface area contributed by atoms with Gasteiger partial charge in [-0.25, -0.2) is 4.39 Å². The van der Waals surface area contributed by atoms with Crippen molar-refractivity contribution in [3.8, 4) is 0 Å². The third kappa shape index (κ3) is 2.74. The maximum absolute atomic E-state index is 13.9. The molecule has 1 unspecified atom stereocenters. The molecule has 0 saturated heterocycles. The lowest BCUT2D eigenvalue weighted by Gasteiger charge is -2.17. The molecule has 1 atom stereocenters. The molecule has 3 rings (SSSR count). The fourth-order valence-electron chi connectivity index (χ4n) is 2.48. The highest BCUT2D eigenvalue weighted by Gasteiger charge is 2.16. The van der Waals surface area contributed by atoms with Crippen molar-refractivity contribution in [1.29, 1.82) is 0 Å². The average Bonchev–Trinajstić information content (AvgIpc) is 2.53. The predicted octanol–water partition coefficient (Wildman–Crippen LogP) is 2.52. The number of hydrazine groups is 1. The molecule has 106 valence electrons. The maximum Gasteiger partial charge on any atom is 0.146 e. The SMILES string of the molecule is NNC(Cc1ccnc2ccccc12)c1ccncc1F. The molecule has 0 aliphatic heterocycles. The number of hydrogen-bond donors (Lipinski definition) is 2. The lowest BCUT2D eigenvalue weighted by molar-refractivity contribution is 0.509. The summed E-state index contributed by atoms with van der Waals surface area (Å²) in [5.41, 5.74) is 5.18. The first-order valence-electron chi connectivity index (χ1n) is 6.68. The zero-order valence-electron chi connectivity index (χ0n) is 11.3. The third-order valence-electron chi connectivity index (χ3n) is 3.54. The summed E-state index contributed by atoms with van der Waals surface area (Å²) >= 11 is 0. The smallest absolute Gasteiger partial charge is 0.146 e. The highest BCUT2D eigenvalue weighted by atomic mass is 19.1. The van der Waals surface area contributed by atoms with Gasteiger partial charge in [0.2, 0.25) is 0 Å². The number of fused-ring (bicyclic) bond motifs is 1. The van der Waals surface area contributed by atoms with Crippen LogP contribution in [0.4, 0.5) is 4.39 Å². The molecule has 0 bridgehead atoms. The molecule has 0 fully saturated rings. The van der Waals surface area contributed by atoms with Crippen LogP contribution in [-0.2, 0) is 6.42 Å². The number of rotatable bonds is 4. The van der Waals surface area contributed by atoms with E-state index in [9.17, 15) is 4.39 Å². The third-order valence-corrected chi connectivity index (χ3v) is 3.54. The molecule has 0 aliphatic carbocycles. The van der Waals surface area contributed by atoms with E-state index in [2.05, 4.69) is 15.4 Å². The number of benzene rings is 1. The summed E-state index contributed by atoms with van der Waals surface area (Å²) in [5.74, 6) is 5.25. The van der Waals surface area contributed by atoms with Crippen LogP contribution in [0.15, 0.2) is 55.0 Å². The van der Waals surface area contributed by atoms with Gasteiger partial charge in [-0.3, -0.25) is 21.2 Å². The summed E-state index contributed by atoms with van der Waals surface area (Å²) < 4.78 is 13.9. The molecule has 0 radical (unpaired) electrons. The minimum Gasteiger partial charge on any atom is -0.271 e. The molecule has 0 saturated carbocycles. The van der Waals surface area contributed by atoms with Crippen LogP contribution in [0.5, 0.6) is 0 Å². The van der Waals surface area contributed by atoms with Gasteiger partial charge in [0.1, 0.15) is 5.82 Å². The quantitative estimate of drug-likeness (QED) is 0.570. The predicted molar refractivity (Wildman–Crippen MR) is 79.7 cm³/mol. The number of pyridine rings is 2. The Morgan fingerprint density at radius 2 is 2.00 bits per heavy atom. The topological polar surface area (TPSA) is 63.8 Å². The van der Waals surface area contributed by atoms with E-state index < -0.39 is 0 Å². The number of nitrogens with one attached hydrogen (secondary N) is 1. The van der Waals surface area contributed by atoms with Crippen molar-refractivity contribution < 1.29 is 4.39 Å². The molecule has 2 aromatic heterocycles. The summed E-state index contributed by atoms with van der Waals surface area (Å²) in [6.45, 7) is 0. The zero-order chi connectivity index (χ0) is 14.7. The number of para-hydroxylation sites is 1. The van der Waals surface area contributed by atoms with E-state index in [1.54, 1.807) is 18.5 Å². The molecule has 3 N–H and O–H groups in total. The summed E-state index contributed by atoms with van der Waals surface area (Å²) in [4.78, 5) is 8.09. The summed E-state index contributed by atoms with van der Waals surface area (Å²) in [6, 6.07) is 11.1. The van der Waals surface area contributed by atoms with Crippen LogP contribution in [0.25, 0.3) is 10.9 Å². The summed E-state index contributed by atoms with van der Waals surface area (Å²) in [6.07, 6.45) is 5.09. The van der Waals surface area contributed by atoms with Crippen LogP contribution in [-0.4, -0.2) is 9.97 Å². The second kappa shape index (κ2) is 5.95. The molecule has 21 heavy (non-hydrogen) atoms. The van der Waals surface area contributed by atoms with Crippen molar-refractivity contribution in [2.45, 2.75) is 12.5 Å². The van der Waals surface area contributed by atoms with Gasteiger partial charge in [-0.1, -0.05) is 18.2 Å². The fourth-order valence-corrected chi connectivity index (χ4v) is 2.48. The molecule has 1 aromatic carbocycles. The second-order valence-corrected chi connectivity index (χ2v) is 4.81. The Labute approximate surface area is 121 Å². The molecule has 2 heterocycles. The molecule has 0 spiro atoms. The van der Waals surface area contributed by atoms with E-state index >= 15 is 0 Å². The molecule has 0 aliphatic rings. The minimum atomic E-state index is -0.362. The molecule has 5 heteroatoms. The number of hydrogen-bond acceptors (Lipinski definition) is 4. The van der Waals surface area contributed by atoms with Crippen molar-refractivity contribution in [2.75, 3.05) is 0 Å².